The fourth-order valence-corrected chi connectivity index (χ4v) is 1.74. The Bertz CT molecular complexity index is 551. The Morgan fingerprint density at radius 3 is 2.61 bits per heavy atom. The van der Waals surface area contributed by atoms with Crippen LogP contribution >= 0.6 is 11.6 Å². The Morgan fingerprint density at radius 2 is 2.06 bits per heavy atom. The van der Waals surface area contributed by atoms with Crippen LogP contribution in [-0.2, 0) is 0 Å². The van der Waals surface area contributed by atoms with E-state index in [1.807, 2.05) is 37.3 Å². The first kappa shape index (κ1) is 12.6. The summed E-state index contributed by atoms with van der Waals surface area (Å²) in [7, 11) is 0. The largest absolute Gasteiger partial charge is 0.349 e. The van der Waals surface area contributed by atoms with Crippen LogP contribution in [0.5, 0.6) is 0 Å². The summed E-state index contributed by atoms with van der Waals surface area (Å²) in [6.45, 7) is 3.58. The van der Waals surface area contributed by atoms with Gasteiger partial charge in [-0.1, -0.05) is 47.1 Å². The lowest BCUT2D eigenvalue weighted by Crippen LogP contribution is -2.26. The van der Waals surface area contributed by atoms with Crippen molar-refractivity contribution in [3.8, 4) is 0 Å². The molecular weight excluding hydrogens is 252 g/mol. The van der Waals surface area contributed by atoms with Crippen molar-refractivity contribution in [2.45, 2.75) is 19.9 Å². The van der Waals surface area contributed by atoms with Gasteiger partial charge in [0.15, 0.2) is 0 Å². The molecule has 0 aliphatic carbocycles. The second-order valence-electron chi connectivity index (χ2n) is 4.02. The average molecular weight is 265 g/mol. The molecule has 0 spiro atoms. The van der Waals surface area contributed by atoms with E-state index in [1.54, 1.807) is 6.92 Å². The summed E-state index contributed by atoms with van der Waals surface area (Å²) < 4.78 is 4.90. The maximum Gasteiger partial charge on any atom is 0.291 e. The van der Waals surface area contributed by atoms with Gasteiger partial charge in [-0.15, -0.1) is 0 Å². The number of nitrogens with one attached hydrogen (secondary N) is 1. The highest BCUT2D eigenvalue weighted by molar-refractivity contribution is 6.33. The highest BCUT2D eigenvalue weighted by atomic mass is 35.5. The van der Waals surface area contributed by atoms with Crippen molar-refractivity contribution in [3.63, 3.8) is 0 Å². The van der Waals surface area contributed by atoms with E-state index < -0.39 is 0 Å². The zero-order valence-corrected chi connectivity index (χ0v) is 10.9. The van der Waals surface area contributed by atoms with Crippen molar-refractivity contribution < 1.29 is 9.32 Å². The number of hydrogen-bond donors (Lipinski definition) is 1. The molecule has 0 fully saturated rings. The van der Waals surface area contributed by atoms with Crippen molar-refractivity contribution in [2.75, 3.05) is 0 Å². The third-order valence-electron chi connectivity index (χ3n) is 2.64. The Hall–Kier alpha value is -1.81. The molecule has 18 heavy (non-hydrogen) atoms. The molecule has 0 saturated carbocycles. The van der Waals surface area contributed by atoms with Crippen molar-refractivity contribution in [1.29, 1.82) is 0 Å². The number of aromatic nitrogens is 1. The molecule has 2 aromatic rings. The zero-order chi connectivity index (χ0) is 13.1. The smallest absolute Gasteiger partial charge is 0.291 e. The third kappa shape index (κ3) is 2.54. The van der Waals surface area contributed by atoms with E-state index in [0.29, 0.717) is 5.69 Å². The maximum absolute atomic E-state index is 11.9. The van der Waals surface area contributed by atoms with E-state index in [4.69, 9.17) is 16.1 Å². The molecule has 94 valence electrons. The van der Waals surface area contributed by atoms with E-state index >= 15 is 0 Å². The van der Waals surface area contributed by atoms with Crippen molar-refractivity contribution >= 4 is 17.5 Å². The monoisotopic (exact) mass is 264 g/mol. The molecule has 1 heterocycles. The minimum atomic E-state index is -0.364. The molecule has 1 amide bonds. The summed E-state index contributed by atoms with van der Waals surface area (Å²) in [6.07, 6.45) is 0. The Labute approximate surface area is 110 Å². The van der Waals surface area contributed by atoms with Gasteiger partial charge >= 0.3 is 0 Å². The van der Waals surface area contributed by atoms with Crippen LogP contribution in [0.25, 0.3) is 0 Å². The van der Waals surface area contributed by atoms with Gasteiger partial charge in [-0.05, 0) is 19.4 Å². The highest BCUT2D eigenvalue weighted by Crippen LogP contribution is 2.20. The second-order valence-corrected chi connectivity index (χ2v) is 4.39. The Balaban J connectivity index is 2.11. The summed E-state index contributed by atoms with van der Waals surface area (Å²) in [4.78, 5) is 11.9. The lowest BCUT2D eigenvalue weighted by atomic mass is 10.1. The first-order valence-corrected chi connectivity index (χ1v) is 5.95. The number of halogens is 1. The van der Waals surface area contributed by atoms with Gasteiger partial charge < -0.3 is 9.84 Å². The lowest BCUT2D eigenvalue weighted by Gasteiger charge is -2.12. The van der Waals surface area contributed by atoms with Gasteiger partial charge in [-0.25, -0.2) is 0 Å². The predicted octanol–water partition coefficient (Wildman–Crippen LogP) is 3.13. The number of hydrogen-bond acceptors (Lipinski definition) is 3. The average Bonchev–Trinajstić information content (AvgIpc) is 2.71. The van der Waals surface area contributed by atoms with Gasteiger partial charge in [0.25, 0.3) is 5.91 Å². The number of aryl methyl sites for hydroxylation is 1. The summed E-state index contributed by atoms with van der Waals surface area (Å²) >= 11 is 5.92. The molecule has 2 rings (SSSR count). The molecule has 1 aromatic heterocycles. The van der Waals surface area contributed by atoms with E-state index in [9.17, 15) is 4.79 Å². The van der Waals surface area contributed by atoms with Gasteiger partial charge in [0.05, 0.1) is 11.7 Å². The van der Waals surface area contributed by atoms with Gasteiger partial charge in [0, 0.05) is 0 Å². The van der Waals surface area contributed by atoms with Crippen LogP contribution in [0.1, 0.15) is 34.8 Å². The van der Waals surface area contributed by atoms with Crippen molar-refractivity contribution in [1.82, 2.24) is 10.5 Å². The molecule has 1 atom stereocenters. The topological polar surface area (TPSA) is 55.1 Å². The van der Waals surface area contributed by atoms with E-state index in [-0.39, 0.29) is 22.7 Å². The number of amides is 1. The van der Waals surface area contributed by atoms with Crippen LogP contribution in [0.15, 0.2) is 34.9 Å². The number of carbonyl (C=O) groups excluding carboxylic acids is 1. The molecule has 0 aliphatic heterocycles. The molecule has 0 bridgehead atoms. The minimum Gasteiger partial charge on any atom is -0.349 e. The minimum absolute atomic E-state index is 0.0527. The van der Waals surface area contributed by atoms with Crippen LogP contribution in [-0.4, -0.2) is 11.1 Å². The molecule has 1 N–H and O–H groups in total. The molecule has 4 nitrogen and oxygen atoms in total. The third-order valence-corrected chi connectivity index (χ3v) is 3.09. The number of carbonyl (C=O) groups is 1. The summed E-state index contributed by atoms with van der Waals surface area (Å²) in [6, 6.07) is 9.53. The SMILES string of the molecule is Cc1noc(C(=O)NC(C)c2ccccc2)c1Cl. The highest BCUT2D eigenvalue weighted by Gasteiger charge is 2.20. The fraction of sp³-hybridized carbons (Fsp3) is 0.231. The molecule has 1 unspecified atom stereocenters. The molecule has 0 aliphatic rings. The molecule has 0 radical (unpaired) electrons. The molecule has 0 saturated heterocycles. The van der Waals surface area contributed by atoms with Crippen LogP contribution in [0.4, 0.5) is 0 Å². The number of nitrogens with zero attached hydrogens (tertiary/aromatic N) is 1. The number of benzene rings is 1. The predicted molar refractivity (Wildman–Crippen MR) is 68.6 cm³/mol. The molecule has 5 heteroatoms. The van der Waals surface area contributed by atoms with Gasteiger partial charge in [-0.3, -0.25) is 4.79 Å². The normalized spacial score (nSPS) is 12.2. The van der Waals surface area contributed by atoms with Crippen LogP contribution in [0, 0.1) is 6.92 Å². The van der Waals surface area contributed by atoms with E-state index in [0.717, 1.165) is 5.56 Å². The van der Waals surface area contributed by atoms with Crippen molar-refractivity contribution in [3.05, 3.63) is 52.4 Å². The van der Waals surface area contributed by atoms with Crippen LogP contribution in [0.3, 0.4) is 0 Å². The van der Waals surface area contributed by atoms with E-state index in [2.05, 4.69) is 10.5 Å². The second kappa shape index (κ2) is 5.23. The maximum atomic E-state index is 11.9. The summed E-state index contributed by atoms with van der Waals surface area (Å²) in [5.74, 6) is -0.311. The standard InChI is InChI=1S/C13H13ClN2O2/c1-8(10-6-4-3-5-7-10)15-13(17)12-11(14)9(2)16-18-12/h3-8H,1-2H3,(H,15,17). The fourth-order valence-electron chi connectivity index (χ4n) is 1.59. The Kier molecular flexibility index (Phi) is 3.67. The summed E-state index contributed by atoms with van der Waals surface area (Å²) in [5, 5.41) is 6.72. The Morgan fingerprint density at radius 1 is 1.39 bits per heavy atom. The number of rotatable bonds is 3. The zero-order valence-electron chi connectivity index (χ0n) is 10.1. The van der Waals surface area contributed by atoms with Crippen LogP contribution in [0.2, 0.25) is 5.02 Å². The summed E-state index contributed by atoms with van der Waals surface area (Å²) in [5.41, 5.74) is 1.52. The quantitative estimate of drug-likeness (QED) is 0.927. The van der Waals surface area contributed by atoms with Crippen LogP contribution < -0.4 is 5.32 Å². The van der Waals surface area contributed by atoms with Gasteiger partial charge in [-0.2, -0.15) is 0 Å². The van der Waals surface area contributed by atoms with E-state index in [1.165, 1.54) is 0 Å². The molecule has 1 aromatic carbocycles. The van der Waals surface area contributed by atoms with Gasteiger partial charge in [0.2, 0.25) is 5.76 Å². The molecular formula is C13H13ClN2O2. The lowest BCUT2D eigenvalue weighted by molar-refractivity contribution is 0.0903. The first-order chi connectivity index (χ1) is 8.59. The van der Waals surface area contributed by atoms with Crippen molar-refractivity contribution in [2.24, 2.45) is 0 Å². The first-order valence-electron chi connectivity index (χ1n) is 5.57. The van der Waals surface area contributed by atoms with Gasteiger partial charge in [0.1, 0.15) is 5.02 Å².